The molecule has 0 amide bonds. The van der Waals surface area contributed by atoms with Gasteiger partial charge in [-0.3, -0.25) is 14.5 Å². The molecule has 1 aromatic carbocycles. The molecule has 1 saturated heterocycles. The lowest BCUT2D eigenvalue weighted by molar-refractivity contribution is -0.146. The average Bonchev–Trinajstić information content (AvgIpc) is 2.50. The standard InChI is InChI=1S/C18H24FNO3/c1-14(21)12-18(22)23-11-10-20-8-6-16(7-9-20)13-15-2-4-17(19)5-3-15/h2-5,16H,6-13H2,1H3. The summed E-state index contributed by atoms with van der Waals surface area (Å²) in [7, 11) is 0. The molecule has 0 N–H and O–H groups in total. The van der Waals surface area contributed by atoms with E-state index in [1.807, 2.05) is 12.1 Å². The Morgan fingerprint density at radius 2 is 1.87 bits per heavy atom. The summed E-state index contributed by atoms with van der Waals surface area (Å²) in [4.78, 5) is 24.4. The quantitative estimate of drug-likeness (QED) is 0.572. The lowest BCUT2D eigenvalue weighted by atomic mass is 9.90. The summed E-state index contributed by atoms with van der Waals surface area (Å²) in [5, 5.41) is 0. The third kappa shape index (κ3) is 6.48. The summed E-state index contributed by atoms with van der Waals surface area (Å²) in [6, 6.07) is 6.74. The van der Waals surface area contributed by atoms with Crippen LogP contribution in [0.4, 0.5) is 4.39 Å². The number of hydrogen-bond acceptors (Lipinski definition) is 4. The highest BCUT2D eigenvalue weighted by Crippen LogP contribution is 2.21. The van der Waals surface area contributed by atoms with Crippen molar-refractivity contribution in [3.8, 4) is 0 Å². The third-order valence-electron chi connectivity index (χ3n) is 4.21. The Balaban J connectivity index is 1.63. The van der Waals surface area contributed by atoms with Crippen molar-refractivity contribution in [3.05, 3.63) is 35.6 Å². The van der Waals surface area contributed by atoms with E-state index in [0.29, 0.717) is 19.1 Å². The smallest absolute Gasteiger partial charge is 0.313 e. The van der Waals surface area contributed by atoms with E-state index < -0.39 is 5.97 Å². The Hall–Kier alpha value is -1.75. The van der Waals surface area contributed by atoms with Crippen LogP contribution in [0.2, 0.25) is 0 Å². The second kappa shape index (κ2) is 8.77. The maximum absolute atomic E-state index is 12.9. The summed E-state index contributed by atoms with van der Waals surface area (Å²) in [6.07, 6.45) is 3.04. The van der Waals surface area contributed by atoms with E-state index >= 15 is 0 Å². The monoisotopic (exact) mass is 321 g/mol. The lowest BCUT2D eigenvalue weighted by Crippen LogP contribution is -2.36. The number of carbonyl (C=O) groups excluding carboxylic acids is 2. The first-order chi connectivity index (χ1) is 11.0. The molecule has 5 heteroatoms. The molecule has 1 aliphatic rings. The molecule has 0 unspecified atom stereocenters. The molecule has 0 saturated carbocycles. The minimum Gasteiger partial charge on any atom is -0.464 e. The van der Waals surface area contributed by atoms with Crippen LogP contribution in [0.1, 0.15) is 31.7 Å². The number of benzene rings is 1. The van der Waals surface area contributed by atoms with Gasteiger partial charge in [-0.05, 0) is 62.9 Å². The van der Waals surface area contributed by atoms with Gasteiger partial charge in [0.15, 0.2) is 0 Å². The average molecular weight is 321 g/mol. The van der Waals surface area contributed by atoms with Gasteiger partial charge in [-0.1, -0.05) is 12.1 Å². The number of nitrogens with zero attached hydrogens (tertiary/aromatic N) is 1. The number of rotatable bonds is 7. The van der Waals surface area contributed by atoms with Gasteiger partial charge in [0.2, 0.25) is 0 Å². The summed E-state index contributed by atoms with van der Waals surface area (Å²) >= 11 is 0. The predicted molar refractivity (Wildman–Crippen MR) is 85.5 cm³/mol. The van der Waals surface area contributed by atoms with Gasteiger partial charge in [0, 0.05) is 6.54 Å². The maximum atomic E-state index is 12.9. The van der Waals surface area contributed by atoms with Crippen molar-refractivity contribution in [1.29, 1.82) is 0 Å². The molecule has 0 spiro atoms. The molecule has 0 atom stereocenters. The number of Topliss-reactive ketones (excluding diaryl/α,β-unsaturated/α-hetero) is 1. The van der Waals surface area contributed by atoms with Crippen LogP contribution >= 0.6 is 0 Å². The van der Waals surface area contributed by atoms with Gasteiger partial charge >= 0.3 is 5.97 Å². The molecule has 23 heavy (non-hydrogen) atoms. The van der Waals surface area contributed by atoms with Crippen molar-refractivity contribution in [2.45, 2.75) is 32.6 Å². The molecule has 2 rings (SSSR count). The Morgan fingerprint density at radius 3 is 2.48 bits per heavy atom. The zero-order valence-electron chi connectivity index (χ0n) is 13.6. The fraction of sp³-hybridized carbons (Fsp3) is 0.556. The highest BCUT2D eigenvalue weighted by Gasteiger charge is 2.19. The van der Waals surface area contributed by atoms with Crippen LogP contribution in [0.3, 0.4) is 0 Å². The fourth-order valence-electron chi connectivity index (χ4n) is 2.91. The molecular formula is C18H24FNO3. The van der Waals surface area contributed by atoms with Crippen molar-refractivity contribution >= 4 is 11.8 Å². The van der Waals surface area contributed by atoms with Gasteiger partial charge < -0.3 is 4.74 Å². The highest BCUT2D eigenvalue weighted by atomic mass is 19.1. The lowest BCUT2D eigenvalue weighted by Gasteiger charge is -2.31. The minimum absolute atomic E-state index is 0.139. The van der Waals surface area contributed by atoms with Crippen LogP contribution in [-0.4, -0.2) is 42.9 Å². The van der Waals surface area contributed by atoms with E-state index in [2.05, 4.69) is 4.90 Å². The maximum Gasteiger partial charge on any atom is 0.313 e. The number of hydrogen-bond donors (Lipinski definition) is 0. The number of carbonyl (C=O) groups is 2. The minimum atomic E-state index is -0.441. The summed E-state index contributed by atoms with van der Waals surface area (Å²) < 4.78 is 18.0. The molecule has 1 aliphatic heterocycles. The van der Waals surface area contributed by atoms with E-state index in [0.717, 1.165) is 32.4 Å². The molecule has 1 fully saturated rings. The number of halogens is 1. The van der Waals surface area contributed by atoms with Gasteiger partial charge in [-0.25, -0.2) is 4.39 Å². The van der Waals surface area contributed by atoms with Crippen molar-refractivity contribution in [2.24, 2.45) is 5.92 Å². The summed E-state index contributed by atoms with van der Waals surface area (Å²) in [6.45, 7) is 4.40. The van der Waals surface area contributed by atoms with E-state index in [4.69, 9.17) is 4.74 Å². The summed E-state index contributed by atoms with van der Waals surface area (Å²) in [5.74, 6) is -0.180. The first kappa shape index (κ1) is 17.6. The highest BCUT2D eigenvalue weighted by molar-refractivity contribution is 5.94. The third-order valence-corrected chi connectivity index (χ3v) is 4.21. The molecule has 1 heterocycles. The molecule has 4 nitrogen and oxygen atoms in total. The molecular weight excluding hydrogens is 297 g/mol. The van der Waals surface area contributed by atoms with Crippen molar-refractivity contribution in [1.82, 2.24) is 4.90 Å². The Kier molecular flexibility index (Phi) is 6.71. The van der Waals surface area contributed by atoms with Crippen LogP contribution in [0.25, 0.3) is 0 Å². The first-order valence-electron chi connectivity index (χ1n) is 8.15. The first-order valence-corrected chi connectivity index (χ1v) is 8.15. The van der Waals surface area contributed by atoms with Crippen LogP contribution in [0.5, 0.6) is 0 Å². The van der Waals surface area contributed by atoms with Gasteiger partial charge in [-0.15, -0.1) is 0 Å². The van der Waals surface area contributed by atoms with Crippen LogP contribution in [0, 0.1) is 11.7 Å². The van der Waals surface area contributed by atoms with Crippen molar-refractivity contribution < 1.29 is 18.7 Å². The largest absolute Gasteiger partial charge is 0.464 e. The van der Waals surface area contributed by atoms with Crippen LogP contribution in [-0.2, 0) is 20.7 Å². The van der Waals surface area contributed by atoms with Crippen LogP contribution in [0.15, 0.2) is 24.3 Å². The Labute approximate surface area is 136 Å². The number of ether oxygens (including phenoxy) is 1. The van der Waals surface area contributed by atoms with E-state index in [1.54, 1.807) is 0 Å². The topological polar surface area (TPSA) is 46.6 Å². The molecule has 0 aliphatic carbocycles. The molecule has 0 aromatic heterocycles. The van der Waals surface area contributed by atoms with Crippen molar-refractivity contribution in [2.75, 3.05) is 26.2 Å². The van der Waals surface area contributed by atoms with Gasteiger partial charge in [0.05, 0.1) is 0 Å². The predicted octanol–water partition coefficient (Wildman–Crippen LogP) is 2.60. The van der Waals surface area contributed by atoms with Gasteiger partial charge in [-0.2, -0.15) is 0 Å². The molecule has 0 bridgehead atoms. The summed E-state index contributed by atoms with van der Waals surface area (Å²) in [5.41, 5.74) is 1.18. The van der Waals surface area contributed by atoms with E-state index in [-0.39, 0.29) is 18.0 Å². The SMILES string of the molecule is CC(=O)CC(=O)OCCN1CCC(Cc2ccc(F)cc2)CC1. The Bertz CT molecular complexity index is 522. The van der Waals surface area contributed by atoms with Gasteiger partial charge in [0.1, 0.15) is 24.6 Å². The number of ketones is 1. The van der Waals surface area contributed by atoms with Gasteiger partial charge in [0.25, 0.3) is 0 Å². The number of esters is 1. The fourth-order valence-corrected chi connectivity index (χ4v) is 2.91. The molecule has 126 valence electrons. The second-order valence-electron chi connectivity index (χ2n) is 6.21. The van der Waals surface area contributed by atoms with Crippen LogP contribution < -0.4 is 0 Å². The second-order valence-corrected chi connectivity index (χ2v) is 6.21. The number of likely N-dealkylation sites (tertiary alicyclic amines) is 1. The Morgan fingerprint density at radius 1 is 1.22 bits per heavy atom. The zero-order chi connectivity index (χ0) is 16.7. The normalized spacial score (nSPS) is 16.3. The zero-order valence-corrected chi connectivity index (χ0v) is 13.6. The molecule has 1 aromatic rings. The van der Waals surface area contributed by atoms with Crippen molar-refractivity contribution in [3.63, 3.8) is 0 Å². The van der Waals surface area contributed by atoms with E-state index in [1.165, 1.54) is 24.6 Å². The van der Waals surface area contributed by atoms with E-state index in [9.17, 15) is 14.0 Å². The molecule has 0 radical (unpaired) electrons. The number of piperidine rings is 1.